The molecule has 0 spiro atoms. The van der Waals surface area contributed by atoms with Crippen LogP contribution in [0.5, 0.6) is 0 Å². The van der Waals surface area contributed by atoms with Gasteiger partial charge in [-0.05, 0) is 43.5 Å². The average molecular weight is 301 g/mol. The molecule has 0 aromatic heterocycles. The molecule has 1 saturated heterocycles. The highest BCUT2D eigenvalue weighted by atomic mass is 16.2. The average Bonchev–Trinajstić information content (AvgIpc) is 2.96. The molecule has 0 radical (unpaired) electrons. The minimum Gasteiger partial charge on any atom is -0.348 e. The van der Waals surface area contributed by atoms with Gasteiger partial charge in [-0.1, -0.05) is 12.8 Å². The number of nitrogens with zero attached hydrogens (tertiary/aromatic N) is 1. The Morgan fingerprint density at radius 3 is 2.50 bits per heavy atom. The predicted molar refractivity (Wildman–Crippen MR) is 85.7 cm³/mol. The molecule has 1 aromatic carbocycles. The molecule has 0 bridgehead atoms. The molecule has 22 heavy (non-hydrogen) atoms. The molecule has 2 aliphatic rings. The second kappa shape index (κ2) is 6.48. The van der Waals surface area contributed by atoms with Crippen LogP contribution in [0.15, 0.2) is 24.3 Å². The molecule has 3 rings (SSSR count). The Labute approximate surface area is 130 Å². The van der Waals surface area contributed by atoms with E-state index >= 15 is 0 Å². The molecule has 1 saturated carbocycles. The van der Waals surface area contributed by atoms with Crippen molar-refractivity contribution in [2.75, 3.05) is 11.4 Å². The van der Waals surface area contributed by atoms with E-state index in [1.54, 1.807) is 17.0 Å². The van der Waals surface area contributed by atoms with Crippen LogP contribution >= 0.6 is 0 Å². The van der Waals surface area contributed by atoms with Crippen molar-refractivity contribution < 1.29 is 9.59 Å². The lowest BCUT2D eigenvalue weighted by Gasteiger charge is -2.29. The van der Waals surface area contributed by atoms with Gasteiger partial charge in [-0.3, -0.25) is 9.59 Å². The van der Waals surface area contributed by atoms with Crippen molar-refractivity contribution in [1.29, 1.82) is 0 Å². The van der Waals surface area contributed by atoms with E-state index in [4.69, 9.17) is 5.73 Å². The van der Waals surface area contributed by atoms with Crippen molar-refractivity contribution in [1.82, 2.24) is 5.32 Å². The van der Waals surface area contributed by atoms with Crippen LogP contribution in [0.4, 0.5) is 5.69 Å². The van der Waals surface area contributed by atoms with Crippen molar-refractivity contribution in [2.45, 2.75) is 50.6 Å². The minimum atomic E-state index is -0.0818. The van der Waals surface area contributed by atoms with Crippen molar-refractivity contribution in [3.63, 3.8) is 0 Å². The fourth-order valence-electron chi connectivity index (χ4n) is 3.30. The quantitative estimate of drug-likeness (QED) is 0.894. The van der Waals surface area contributed by atoms with E-state index in [0.717, 1.165) is 44.3 Å². The molecule has 2 atom stereocenters. The molecule has 1 heterocycles. The lowest BCUT2D eigenvalue weighted by atomic mass is 9.91. The number of benzene rings is 1. The molecule has 1 aliphatic heterocycles. The number of carbonyl (C=O) groups excluding carboxylic acids is 2. The summed E-state index contributed by atoms with van der Waals surface area (Å²) in [5, 5.41) is 3.04. The fourth-order valence-corrected chi connectivity index (χ4v) is 3.30. The molecule has 2 amide bonds. The van der Waals surface area contributed by atoms with Crippen LogP contribution in [0.2, 0.25) is 0 Å². The van der Waals surface area contributed by atoms with Gasteiger partial charge in [-0.25, -0.2) is 0 Å². The molecule has 5 nitrogen and oxygen atoms in total. The largest absolute Gasteiger partial charge is 0.348 e. The molecule has 5 heteroatoms. The maximum Gasteiger partial charge on any atom is 0.251 e. The number of nitrogens with one attached hydrogen (secondary N) is 1. The van der Waals surface area contributed by atoms with E-state index < -0.39 is 0 Å². The van der Waals surface area contributed by atoms with Crippen LogP contribution in [0.3, 0.4) is 0 Å². The summed E-state index contributed by atoms with van der Waals surface area (Å²) in [6, 6.07) is 7.38. The Hall–Kier alpha value is -1.88. The molecule has 3 N–H and O–H groups in total. The maximum atomic E-state index is 12.3. The Morgan fingerprint density at radius 2 is 1.86 bits per heavy atom. The zero-order valence-corrected chi connectivity index (χ0v) is 12.8. The molecule has 2 fully saturated rings. The number of carbonyl (C=O) groups is 2. The van der Waals surface area contributed by atoms with Crippen LogP contribution in [-0.2, 0) is 4.79 Å². The SMILES string of the molecule is NC1CCCCC1NC(=O)c1ccc(N2CCCC2=O)cc1. The van der Waals surface area contributed by atoms with Crippen molar-refractivity contribution in [3.05, 3.63) is 29.8 Å². The number of anilines is 1. The monoisotopic (exact) mass is 301 g/mol. The predicted octanol–water partition coefficient (Wildman–Crippen LogP) is 1.81. The number of hydrogen-bond donors (Lipinski definition) is 2. The first-order valence-corrected chi connectivity index (χ1v) is 8.12. The van der Waals surface area contributed by atoms with Crippen molar-refractivity contribution >= 4 is 17.5 Å². The Bertz CT molecular complexity index is 556. The summed E-state index contributed by atoms with van der Waals surface area (Å²) in [5.41, 5.74) is 7.56. The van der Waals surface area contributed by atoms with Crippen molar-refractivity contribution in [3.8, 4) is 0 Å². The van der Waals surface area contributed by atoms with Gasteiger partial charge in [0.25, 0.3) is 5.91 Å². The summed E-state index contributed by atoms with van der Waals surface area (Å²) in [4.78, 5) is 25.8. The van der Waals surface area contributed by atoms with E-state index in [1.807, 2.05) is 12.1 Å². The summed E-state index contributed by atoms with van der Waals surface area (Å²) in [6.07, 6.45) is 5.71. The lowest BCUT2D eigenvalue weighted by Crippen LogP contribution is -2.49. The highest BCUT2D eigenvalue weighted by molar-refractivity contribution is 5.97. The summed E-state index contributed by atoms with van der Waals surface area (Å²) in [7, 11) is 0. The van der Waals surface area contributed by atoms with E-state index in [9.17, 15) is 9.59 Å². The lowest BCUT2D eigenvalue weighted by molar-refractivity contribution is -0.117. The maximum absolute atomic E-state index is 12.3. The molecule has 1 aromatic rings. The Balaban J connectivity index is 1.64. The fraction of sp³-hybridized carbons (Fsp3) is 0.529. The minimum absolute atomic E-state index is 0.0548. The third-order valence-corrected chi connectivity index (χ3v) is 4.65. The van der Waals surface area contributed by atoms with Crippen LogP contribution < -0.4 is 16.0 Å². The van der Waals surface area contributed by atoms with Gasteiger partial charge in [-0.2, -0.15) is 0 Å². The van der Waals surface area contributed by atoms with Gasteiger partial charge in [-0.15, -0.1) is 0 Å². The third kappa shape index (κ3) is 3.14. The van der Waals surface area contributed by atoms with Gasteiger partial charge in [0.1, 0.15) is 0 Å². The van der Waals surface area contributed by atoms with E-state index in [2.05, 4.69) is 5.32 Å². The summed E-state index contributed by atoms with van der Waals surface area (Å²) >= 11 is 0. The van der Waals surface area contributed by atoms with Gasteiger partial charge in [0, 0.05) is 36.3 Å². The van der Waals surface area contributed by atoms with E-state index in [-0.39, 0.29) is 23.9 Å². The number of rotatable bonds is 3. The summed E-state index contributed by atoms with van der Waals surface area (Å²) in [6.45, 7) is 0.765. The van der Waals surface area contributed by atoms with Crippen LogP contribution in [0, 0.1) is 0 Å². The van der Waals surface area contributed by atoms with Gasteiger partial charge >= 0.3 is 0 Å². The van der Waals surface area contributed by atoms with Gasteiger partial charge < -0.3 is 16.0 Å². The smallest absolute Gasteiger partial charge is 0.251 e. The number of amides is 2. The molecular formula is C17H23N3O2. The van der Waals surface area contributed by atoms with Gasteiger partial charge in [0.2, 0.25) is 5.91 Å². The zero-order valence-electron chi connectivity index (χ0n) is 12.8. The van der Waals surface area contributed by atoms with Crippen LogP contribution in [0.25, 0.3) is 0 Å². The Kier molecular flexibility index (Phi) is 4.43. The number of hydrogen-bond acceptors (Lipinski definition) is 3. The molecular weight excluding hydrogens is 278 g/mol. The topological polar surface area (TPSA) is 75.4 Å². The zero-order chi connectivity index (χ0) is 15.5. The first-order chi connectivity index (χ1) is 10.6. The van der Waals surface area contributed by atoms with Gasteiger partial charge in [0.15, 0.2) is 0 Å². The van der Waals surface area contributed by atoms with E-state index in [1.165, 1.54) is 0 Å². The van der Waals surface area contributed by atoms with Gasteiger partial charge in [0.05, 0.1) is 0 Å². The second-order valence-electron chi connectivity index (χ2n) is 6.22. The highest BCUT2D eigenvalue weighted by Crippen LogP contribution is 2.22. The second-order valence-corrected chi connectivity index (χ2v) is 6.22. The third-order valence-electron chi connectivity index (χ3n) is 4.65. The van der Waals surface area contributed by atoms with E-state index in [0.29, 0.717) is 12.0 Å². The highest BCUT2D eigenvalue weighted by Gasteiger charge is 2.24. The van der Waals surface area contributed by atoms with Crippen molar-refractivity contribution in [2.24, 2.45) is 5.73 Å². The molecule has 1 aliphatic carbocycles. The normalized spacial score (nSPS) is 25.3. The summed E-state index contributed by atoms with van der Waals surface area (Å²) in [5.74, 6) is 0.0760. The molecule has 2 unspecified atom stereocenters. The number of nitrogens with two attached hydrogens (primary N) is 1. The molecule has 118 valence electrons. The standard InChI is InChI=1S/C17H23N3O2/c18-14-4-1-2-5-15(14)19-17(22)12-7-9-13(10-8-12)20-11-3-6-16(20)21/h7-10,14-15H,1-6,11,18H2,(H,19,22). The summed E-state index contributed by atoms with van der Waals surface area (Å²) < 4.78 is 0. The Morgan fingerprint density at radius 1 is 1.14 bits per heavy atom. The van der Waals surface area contributed by atoms with Crippen LogP contribution in [-0.4, -0.2) is 30.4 Å². The van der Waals surface area contributed by atoms with Crippen LogP contribution in [0.1, 0.15) is 48.9 Å². The first-order valence-electron chi connectivity index (χ1n) is 8.12. The first kappa shape index (κ1) is 15.0.